The molecular formula is C20H21N3O4S2. The summed E-state index contributed by atoms with van der Waals surface area (Å²) in [6.45, 7) is 3.17. The number of rotatable bonds is 4. The SMILES string of the molecule is CS(=O)(=O)c1ccc(-c2csc3c(OC4C5CNCC4COC5)ncnc23)cc1. The number of hydrogen-bond donors (Lipinski definition) is 1. The maximum atomic E-state index is 11.7. The number of benzene rings is 1. The predicted molar refractivity (Wildman–Crippen MR) is 111 cm³/mol. The lowest BCUT2D eigenvalue weighted by molar-refractivity contribution is -0.0828. The largest absolute Gasteiger partial charge is 0.472 e. The second-order valence-corrected chi connectivity index (χ2v) is 10.5. The molecule has 2 atom stereocenters. The van der Waals surface area contributed by atoms with Gasteiger partial charge in [0.25, 0.3) is 0 Å². The molecule has 3 aromatic rings. The Hall–Kier alpha value is -2.07. The fraction of sp³-hybridized carbons (Fsp3) is 0.400. The zero-order chi connectivity index (χ0) is 20.0. The van der Waals surface area contributed by atoms with E-state index in [-0.39, 0.29) is 6.10 Å². The van der Waals surface area contributed by atoms with Crippen molar-refractivity contribution >= 4 is 31.4 Å². The van der Waals surface area contributed by atoms with Crippen LogP contribution in [0, 0.1) is 11.8 Å². The molecule has 5 rings (SSSR count). The predicted octanol–water partition coefficient (Wildman–Crippen LogP) is 2.38. The van der Waals surface area contributed by atoms with Gasteiger partial charge in [-0.1, -0.05) is 12.1 Å². The van der Waals surface area contributed by atoms with Gasteiger partial charge in [0.15, 0.2) is 9.84 Å². The first-order valence-electron chi connectivity index (χ1n) is 9.48. The Bertz CT molecular complexity index is 1120. The summed E-state index contributed by atoms with van der Waals surface area (Å²) in [4.78, 5) is 9.20. The summed E-state index contributed by atoms with van der Waals surface area (Å²) in [5.41, 5.74) is 2.69. The van der Waals surface area contributed by atoms with Crippen LogP contribution in [0.25, 0.3) is 21.3 Å². The van der Waals surface area contributed by atoms with Gasteiger partial charge in [0.1, 0.15) is 17.1 Å². The van der Waals surface area contributed by atoms with Crippen molar-refractivity contribution in [2.24, 2.45) is 11.8 Å². The van der Waals surface area contributed by atoms with Crippen LogP contribution in [0.3, 0.4) is 0 Å². The highest BCUT2D eigenvalue weighted by Crippen LogP contribution is 2.38. The van der Waals surface area contributed by atoms with Crippen LogP contribution in [-0.4, -0.2) is 57.0 Å². The van der Waals surface area contributed by atoms with Crippen molar-refractivity contribution in [3.63, 3.8) is 0 Å². The number of piperidine rings is 1. The van der Waals surface area contributed by atoms with Crippen molar-refractivity contribution in [3.8, 4) is 17.0 Å². The van der Waals surface area contributed by atoms with Crippen LogP contribution in [0.5, 0.6) is 5.88 Å². The minimum Gasteiger partial charge on any atom is -0.472 e. The van der Waals surface area contributed by atoms with Crippen molar-refractivity contribution < 1.29 is 17.9 Å². The fourth-order valence-corrected chi connectivity index (χ4v) is 5.66. The average Bonchev–Trinajstić information content (AvgIpc) is 3.12. The van der Waals surface area contributed by atoms with E-state index >= 15 is 0 Å². The lowest BCUT2D eigenvalue weighted by Crippen LogP contribution is -2.56. The van der Waals surface area contributed by atoms with E-state index in [0.29, 0.717) is 35.8 Å². The van der Waals surface area contributed by atoms with Gasteiger partial charge in [-0.15, -0.1) is 11.3 Å². The standard InChI is InChI=1S/C20H21N3O4S2/c1-29(24,25)15-4-2-12(3-5-15)16-10-28-19-17(16)22-11-23-20(19)27-18-13-6-21-7-14(18)9-26-8-13/h2-5,10-11,13-14,18,21H,6-9H2,1H3. The number of nitrogens with zero attached hydrogens (tertiary/aromatic N) is 2. The first-order valence-corrected chi connectivity index (χ1v) is 12.3. The van der Waals surface area contributed by atoms with Crippen molar-refractivity contribution in [3.05, 3.63) is 36.0 Å². The molecule has 29 heavy (non-hydrogen) atoms. The Morgan fingerprint density at radius 3 is 2.55 bits per heavy atom. The molecule has 1 N–H and O–H groups in total. The molecule has 0 saturated carbocycles. The molecular weight excluding hydrogens is 410 g/mol. The van der Waals surface area contributed by atoms with Crippen LogP contribution in [0.4, 0.5) is 0 Å². The number of fused-ring (bicyclic) bond motifs is 3. The molecule has 2 bridgehead atoms. The molecule has 152 valence electrons. The zero-order valence-electron chi connectivity index (χ0n) is 15.9. The van der Waals surface area contributed by atoms with Crippen LogP contribution in [0.15, 0.2) is 40.9 Å². The van der Waals surface area contributed by atoms with Gasteiger partial charge in [-0.05, 0) is 17.7 Å². The third kappa shape index (κ3) is 3.52. The summed E-state index contributed by atoms with van der Waals surface area (Å²) in [6.07, 6.45) is 2.83. The number of aromatic nitrogens is 2. The van der Waals surface area contributed by atoms with Gasteiger partial charge in [-0.3, -0.25) is 0 Å². The normalized spacial score (nSPS) is 24.5. The molecule has 9 heteroatoms. The minimum absolute atomic E-state index is 0.0858. The Morgan fingerprint density at radius 1 is 1.14 bits per heavy atom. The molecule has 0 amide bonds. The highest BCUT2D eigenvalue weighted by Gasteiger charge is 2.39. The lowest BCUT2D eigenvalue weighted by atomic mass is 9.86. The van der Waals surface area contributed by atoms with E-state index in [0.717, 1.165) is 34.4 Å². The van der Waals surface area contributed by atoms with Gasteiger partial charge in [-0.2, -0.15) is 0 Å². The van der Waals surface area contributed by atoms with E-state index in [1.165, 1.54) is 12.6 Å². The molecule has 0 radical (unpaired) electrons. The highest BCUT2D eigenvalue weighted by molar-refractivity contribution is 7.90. The zero-order valence-corrected chi connectivity index (χ0v) is 17.5. The van der Waals surface area contributed by atoms with Crippen molar-refractivity contribution in [1.29, 1.82) is 0 Å². The van der Waals surface area contributed by atoms with Crippen molar-refractivity contribution in [2.45, 2.75) is 11.0 Å². The molecule has 2 aliphatic heterocycles. The van der Waals surface area contributed by atoms with Gasteiger partial charge in [0.05, 0.1) is 23.6 Å². The Balaban J connectivity index is 1.48. The molecule has 2 aromatic heterocycles. The Labute approximate surface area is 173 Å². The number of ether oxygens (including phenoxy) is 2. The van der Waals surface area contributed by atoms with E-state index in [1.807, 2.05) is 17.5 Å². The second-order valence-electron chi connectivity index (χ2n) is 7.60. The molecule has 2 saturated heterocycles. The van der Waals surface area contributed by atoms with Gasteiger partial charge in [0.2, 0.25) is 5.88 Å². The molecule has 1 aromatic carbocycles. The van der Waals surface area contributed by atoms with Crippen molar-refractivity contribution in [2.75, 3.05) is 32.6 Å². The summed E-state index contributed by atoms with van der Waals surface area (Å²) in [6, 6.07) is 6.88. The smallest absolute Gasteiger partial charge is 0.235 e. The fourth-order valence-electron chi connectivity index (χ4n) is 4.07. The first-order chi connectivity index (χ1) is 14.0. The number of sulfone groups is 1. The summed E-state index contributed by atoms with van der Waals surface area (Å²) in [5.74, 6) is 1.24. The highest BCUT2D eigenvalue weighted by atomic mass is 32.2. The van der Waals surface area contributed by atoms with Crippen LogP contribution in [0.1, 0.15) is 0 Å². The van der Waals surface area contributed by atoms with Gasteiger partial charge in [0, 0.05) is 42.1 Å². The van der Waals surface area contributed by atoms with Crippen LogP contribution in [-0.2, 0) is 14.6 Å². The molecule has 7 nitrogen and oxygen atoms in total. The summed E-state index contributed by atoms with van der Waals surface area (Å²) >= 11 is 1.55. The van der Waals surface area contributed by atoms with Gasteiger partial charge in [-0.25, -0.2) is 18.4 Å². The molecule has 2 fully saturated rings. The lowest BCUT2D eigenvalue weighted by Gasteiger charge is -2.41. The maximum Gasteiger partial charge on any atom is 0.235 e. The number of hydrogen-bond acceptors (Lipinski definition) is 8. The second kappa shape index (κ2) is 7.32. The quantitative estimate of drug-likeness (QED) is 0.678. The molecule has 4 heterocycles. The molecule has 2 unspecified atom stereocenters. The summed E-state index contributed by atoms with van der Waals surface area (Å²) in [7, 11) is -3.22. The Morgan fingerprint density at radius 2 is 1.86 bits per heavy atom. The molecule has 0 aliphatic carbocycles. The summed E-state index contributed by atoms with van der Waals surface area (Å²) in [5, 5.41) is 5.47. The van der Waals surface area contributed by atoms with E-state index in [9.17, 15) is 8.42 Å². The third-order valence-corrected chi connectivity index (χ3v) is 7.65. The first kappa shape index (κ1) is 18.9. The van der Waals surface area contributed by atoms with Crippen LogP contribution >= 0.6 is 11.3 Å². The third-order valence-electron chi connectivity index (χ3n) is 5.57. The van der Waals surface area contributed by atoms with Crippen LogP contribution < -0.4 is 10.1 Å². The van der Waals surface area contributed by atoms with E-state index in [2.05, 4.69) is 15.3 Å². The summed E-state index contributed by atoms with van der Waals surface area (Å²) < 4.78 is 36.4. The number of nitrogens with one attached hydrogen (secondary N) is 1. The molecule has 2 aliphatic rings. The maximum absolute atomic E-state index is 11.7. The van der Waals surface area contributed by atoms with Crippen LogP contribution in [0.2, 0.25) is 0 Å². The topological polar surface area (TPSA) is 90.4 Å². The van der Waals surface area contributed by atoms with E-state index in [4.69, 9.17) is 9.47 Å². The number of thiophene rings is 1. The monoisotopic (exact) mass is 431 g/mol. The van der Waals surface area contributed by atoms with Gasteiger partial charge >= 0.3 is 0 Å². The average molecular weight is 432 g/mol. The Kier molecular flexibility index (Phi) is 4.78. The van der Waals surface area contributed by atoms with Crippen molar-refractivity contribution in [1.82, 2.24) is 15.3 Å². The minimum atomic E-state index is -3.22. The van der Waals surface area contributed by atoms with E-state index in [1.54, 1.807) is 23.5 Å². The van der Waals surface area contributed by atoms with Gasteiger partial charge < -0.3 is 14.8 Å². The molecule has 0 spiro atoms. The van der Waals surface area contributed by atoms with E-state index < -0.39 is 9.84 Å².